The lowest BCUT2D eigenvalue weighted by atomic mass is 10.2. The molecular weight excluding hydrogens is 230 g/mol. The van der Waals surface area contributed by atoms with Gasteiger partial charge in [0.15, 0.2) is 5.75 Å². The van der Waals surface area contributed by atoms with Crippen LogP contribution in [0, 0.1) is 0 Å². The molecule has 0 aliphatic carbocycles. The molecule has 18 heavy (non-hydrogen) atoms. The largest absolute Gasteiger partial charge is 0.497 e. The summed E-state index contributed by atoms with van der Waals surface area (Å²) in [5.74, 6) is 2.64. The summed E-state index contributed by atoms with van der Waals surface area (Å²) >= 11 is 0. The Hall–Kier alpha value is -2.36. The second kappa shape index (κ2) is 5.31. The Labute approximate surface area is 106 Å². The topological polar surface area (TPSA) is 53.7 Å². The van der Waals surface area contributed by atoms with Gasteiger partial charge in [-0.1, -0.05) is 6.07 Å². The Morgan fingerprint density at radius 1 is 0.778 bits per heavy atom. The number of benzene rings is 2. The quantitative estimate of drug-likeness (QED) is 0.841. The average molecular weight is 245 g/mol. The van der Waals surface area contributed by atoms with Crippen LogP contribution in [0.2, 0.25) is 0 Å². The zero-order valence-corrected chi connectivity index (χ0v) is 10.3. The highest BCUT2D eigenvalue weighted by Crippen LogP contribution is 2.34. The molecule has 0 bridgehead atoms. The lowest BCUT2D eigenvalue weighted by Crippen LogP contribution is -1.95. The molecule has 0 radical (unpaired) electrons. The van der Waals surface area contributed by atoms with Crippen molar-refractivity contribution in [2.45, 2.75) is 0 Å². The van der Waals surface area contributed by atoms with E-state index in [1.54, 1.807) is 26.4 Å². The zero-order chi connectivity index (χ0) is 13.0. The maximum atomic E-state index is 5.92. The summed E-state index contributed by atoms with van der Waals surface area (Å²) in [6.07, 6.45) is 0. The minimum Gasteiger partial charge on any atom is -0.497 e. The normalized spacial score (nSPS) is 9.89. The molecule has 0 aliphatic rings. The molecule has 4 nitrogen and oxygen atoms in total. The van der Waals surface area contributed by atoms with Gasteiger partial charge in [-0.3, -0.25) is 0 Å². The fraction of sp³-hybridized carbons (Fsp3) is 0.143. The minimum atomic E-state index is 0.482. The summed E-state index contributed by atoms with van der Waals surface area (Å²) in [4.78, 5) is 0. The highest BCUT2D eigenvalue weighted by atomic mass is 16.5. The molecule has 2 aromatic carbocycles. The predicted octanol–water partition coefficient (Wildman–Crippen LogP) is 3.08. The van der Waals surface area contributed by atoms with Gasteiger partial charge in [0, 0.05) is 0 Å². The Morgan fingerprint density at radius 3 is 2.00 bits per heavy atom. The van der Waals surface area contributed by atoms with E-state index >= 15 is 0 Å². The zero-order valence-electron chi connectivity index (χ0n) is 10.3. The van der Waals surface area contributed by atoms with Gasteiger partial charge < -0.3 is 19.9 Å². The molecule has 2 rings (SSSR count). The summed E-state index contributed by atoms with van der Waals surface area (Å²) in [6.45, 7) is 0. The number of rotatable bonds is 4. The van der Waals surface area contributed by atoms with Gasteiger partial charge >= 0.3 is 0 Å². The molecule has 0 saturated carbocycles. The van der Waals surface area contributed by atoms with Crippen molar-refractivity contribution in [3.8, 4) is 23.0 Å². The number of methoxy groups -OCH3 is 2. The van der Waals surface area contributed by atoms with Gasteiger partial charge in [-0.25, -0.2) is 0 Å². The van der Waals surface area contributed by atoms with Crippen LogP contribution in [0.15, 0.2) is 42.5 Å². The van der Waals surface area contributed by atoms with Crippen molar-refractivity contribution in [2.75, 3.05) is 20.0 Å². The van der Waals surface area contributed by atoms with Crippen molar-refractivity contribution >= 4 is 5.69 Å². The van der Waals surface area contributed by atoms with Gasteiger partial charge in [0.1, 0.15) is 22.9 Å². The summed E-state index contributed by atoms with van der Waals surface area (Å²) < 4.78 is 15.9. The molecule has 0 amide bonds. The first-order chi connectivity index (χ1) is 8.74. The first-order valence-corrected chi connectivity index (χ1v) is 5.49. The van der Waals surface area contributed by atoms with Gasteiger partial charge in [-0.05, 0) is 36.4 Å². The lowest BCUT2D eigenvalue weighted by Gasteiger charge is -2.11. The number of nitrogen functional groups attached to an aromatic ring is 1. The first-order valence-electron chi connectivity index (χ1n) is 5.49. The van der Waals surface area contributed by atoms with E-state index in [1.807, 2.05) is 30.3 Å². The Kier molecular flexibility index (Phi) is 3.57. The molecule has 0 heterocycles. The SMILES string of the molecule is COc1ccc(Oc2cccc(OC)c2N)cc1. The number of nitrogens with two attached hydrogens (primary N) is 1. The molecule has 0 fully saturated rings. The maximum Gasteiger partial charge on any atom is 0.154 e. The molecule has 0 spiro atoms. The van der Waals surface area contributed by atoms with Crippen molar-refractivity contribution in [1.29, 1.82) is 0 Å². The second-order valence-corrected chi connectivity index (χ2v) is 3.65. The number of hydrogen-bond acceptors (Lipinski definition) is 4. The predicted molar refractivity (Wildman–Crippen MR) is 70.5 cm³/mol. The lowest BCUT2D eigenvalue weighted by molar-refractivity contribution is 0.409. The van der Waals surface area contributed by atoms with Crippen molar-refractivity contribution < 1.29 is 14.2 Å². The number of anilines is 1. The molecule has 2 N–H and O–H groups in total. The molecule has 0 aromatic heterocycles. The monoisotopic (exact) mass is 245 g/mol. The molecule has 0 unspecified atom stereocenters. The highest BCUT2D eigenvalue weighted by Gasteiger charge is 2.07. The molecule has 0 aliphatic heterocycles. The van der Waals surface area contributed by atoms with Crippen molar-refractivity contribution in [3.05, 3.63) is 42.5 Å². The van der Waals surface area contributed by atoms with E-state index in [0.29, 0.717) is 22.9 Å². The third kappa shape index (κ3) is 2.48. The van der Waals surface area contributed by atoms with Gasteiger partial charge in [-0.2, -0.15) is 0 Å². The van der Waals surface area contributed by atoms with Crippen LogP contribution in [0.5, 0.6) is 23.0 Å². The van der Waals surface area contributed by atoms with Crippen LogP contribution in [0.4, 0.5) is 5.69 Å². The number of ether oxygens (including phenoxy) is 3. The van der Waals surface area contributed by atoms with E-state index < -0.39 is 0 Å². The third-order valence-electron chi connectivity index (χ3n) is 2.53. The van der Waals surface area contributed by atoms with Crippen molar-refractivity contribution in [3.63, 3.8) is 0 Å². The van der Waals surface area contributed by atoms with E-state index in [2.05, 4.69) is 0 Å². The van der Waals surface area contributed by atoms with Gasteiger partial charge in [0.25, 0.3) is 0 Å². The minimum absolute atomic E-state index is 0.482. The van der Waals surface area contributed by atoms with Crippen LogP contribution < -0.4 is 19.9 Å². The van der Waals surface area contributed by atoms with Crippen LogP contribution in [0.25, 0.3) is 0 Å². The van der Waals surface area contributed by atoms with Gasteiger partial charge in [0.05, 0.1) is 14.2 Å². The van der Waals surface area contributed by atoms with E-state index in [1.165, 1.54) is 0 Å². The van der Waals surface area contributed by atoms with Crippen molar-refractivity contribution in [2.24, 2.45) is 0 Å². The van der Waals surface area contributed by atoms with Crippen LogP contribution in [-0.2, 0) is 0 Å². The first kappa shape index (κ1) is 12.1. The van der Waals surface area contributed by atoms with Gasteiger partial charge in [-0.15, -0.1) is 0 Å². The van der Waals surface area contributed by atoms with E-state index in [0.717, 1.165) is 5.75 Å². The summed E-state index contributed by atoms with van der Waals surface area (Å²) in [5, 5.41) is 0. The summed E-state index contributed by atoms with van der Waals surface area (Å²) in [6, 6.07) is 12.7. The standard InChI is InChI=1S/C14H15NO3/c1-16-10-6-8-11(9-7-10)18-13-5-3-4-12(17-2)14(13)15/h3-9H,15H2,1-2H3. The Balaban J connectivity index is 2.22. The molecule has 0 saturated heterocycles. The molecule has 94 valence electrons. The highest BCUT2D eigenvalue weighted by molar-refractivity contribution is 5.63. The molecule has 4 heteroatoms. The molecular formula is C14H15NO3. The fourth-order valence-electron chi connectivity index (χ4n) is 1.56. The Morgan fingerprint density at radius 2 is 1.39 bits per heavy atom. The second-order valence-electron chi connectivity index (χ2n) is 3.65. The van der Waals surface area contributed by atoms with Crippen LogP contribution in [0.1, 0.15) is 0 Å². The van der Waals surface area contributed by atoms with Crippen molar-refractivity contribution in [1.82, 2.24) is 0 Å². The molecule has 2 aromatic rings. The van der Waals surface area contributed by atoms with Crippen LogP contribution in [0.3, 0.4) is 0 Å². The van der Waals surface area contributed by atoms with E-state index in [4.69, 9.17) is 19.9 Å². The Bertz CT molecular complexity index is 523. The van der Waals surface area contributed by atoms with Crippen LogP contribution >= 0.6 is 0 Å². The molecule has 0 atom stereocenters. The summed E-state index contributed by atoms with van der Waals surface area (Å²) in [7, 11) is 3.19. The third-order valence-corrected chi connectivity index (χ3v) is 2.53. The summed E-state index contributed by atoms with van der Waals surface area (Å²) in [5.41, 5.74) is 6.41. The smallest absolute Gasteiger partial charge is 0.154 e. The van der Waals surface area contributed by atoms with Gasteiger partial charge in [0.2, 0.25) is 0 Å². The van der Waals surface area contributed by atoms with E-state index in [-0.39, 0.29) is 0 Å². The van der Waals surface area contributed by atoms with Crippen LogP contribution in [-0.4, -0.2) is 14.2 Å². The number of para-hydroxylation sites is 1. The average Bonchev–Trinajstić information content (AvgIpc) is 2.42. The van der Waals surface area contributed by atoms with E-state index in [9.17, 15) is 0 Å². The maximum absolute atomic E-state index is 5.92. The fourth-order valence-corrected chi connectivity index (χ4v) is 1.56. The number of hydrogen-bond donors (Lipinski definition) is 1.